The third-order valence-corrected chi connectivity index (χ3v) is 6.90. The van der Waals surface area contributed by atoms with E-state index in [0.29, 0.717) is 28.1 Å². The molecule has 0 fully saturated rings. The number of halogens is 2. The largest absolute Gasteiger partial charge is 0.240 e. The van der Waals surface area contributed by atoms with Crippen LogP contribution >= 0.6 is 35.0 Å². The van der Waals surface area contributed by atoms with E-state index in [9.17, 15) is 8.42 Å². The maximum absolute atomic E-state index is 12.4. The molecule has 1 N–H and O–H groups in total. The number of nitrogens with one attached hydrogen (secondary N) is 1. The summed E-state index contributed by atoms with van der Waals surface area (Å²) >= 11 is 13.6. The molecule has 0 aliphatic heterocycles. The van der Waals surface area contributed by atoms with E-state index < -0.39 is 10.0 Å². The molecule has 0 aliphatic rings. The highest BCUT2D eigenvalue weighted by atomic mass is 35.5. The van der Waals surface area contributed by atoms with Gasteiger partial charge < -0.3 is 0 Å². The van der Waals surface area contributed by atoms with Crippen LogP contribution in [0.4, 0.5) is 0 Å². The van der Waals surface area contributed by atoms with Crippen LogP contribution in [0.25, 0.3) is 10.8 Å². The molecular formula is C19H17Cl2NO2S2. The number of benzene rings is 3. The van der Waals surface area contributed by atoms with Gasteiger partial charge in [-0.3, -0.25) is 0 Å². The molecule has 7 heteroatoms. The van der Waals surface area contributed by atoms with E-state index >= 15 is 0 Å². The molecule has 3 nitrogen and oxygen atoms in total. The maximum Gasteiger partial charge on any atom is 0.240 e. The molecule has 26 heavy (non-hydrogen) atoms. The first-order valence-electron chi connectivity index (χ1n) is 7.96. The molecule has 136 valence electrons. The summed E-state index contributed by atoms with van der Waals surface area (Å²) in [6.07, 6.45) is 0. The van der Waals surface area contributed by atoms with Crippen molar-refractivity contribution in [1.29, 1.82) is 0 Å². The fourth-order valence-electron chi connectivity index (χ4n) is 2.49. The lowest BCUT2D eigenvalue weighted by atomic mass is 10.1. The molecule has 3 rings (SSSR count). The minimum Gasteiger partial charge on any atom is -0.210 e. The van der Waals surface area contributed by atoms with Crippen molar-refractivity contribution in [3.63, 3.8) is 0 Å². The van der Waals surface area contributed by atoms with Crippen molar-refractivity contribution in [3.05, 3.63) is 76.3 Å². The molecule has 0 aliphatic carbocycles. The van der Waals surface area contributed by atoms with E-state index in [1.165, 1.54) is 0 Å². The summed E-state index contributed by atoms with van der Waals surface area (Å²) in [7, 11) is -3.52. The second-order valence-electron chi connectivity index (χ2n) is 5.70. The second-order valence-corrected chi connectivity index (χ2v) is 9.41. The molecule has 3 aromatic rings. The molecule has 0 saturated heterocycles. The third kappa shape index (κ3) is 4.93. The first-order chi connectivity index (χ1) is 12.5. The topological polar surface area (TPSA) is 46.2 Å². The van der Waals surface area contributed by atoms with E-state index in [-0.39, 0.29) is 4.90 Å². The number of hydrogen-bond acceptors (Lipinski definition) is 3. The highest BCUT2D eigenvalue weighted by Crippen LogP contribution is 2.24. The van der Waals surface area contributed by atoms with Gasteiger partial charge in [-0.25, -0.2) is 13.1 Å². The SMILES string of the molecule is O=S(=O)(NCCSCc1ccc(Cl)cc1Cl)c1ccc2ccccc2c1. The number of fused-ring (bicyclic) bond motifs is 1. The minimum absolute atomic E-state index is 0.280. The zero-order chi connectivity index (χ0) is 18.6. The predicted octanol–water partition coefficient (Wildman–Crippen LogP) is 5.36. The summed E-state index contributed by atoms with van der Waals surface area (Å²) in [5.41, 5.74) is 0.985. The van der Waals surface area contributed by atoms with Crippen molar-refractivity contribution < 1.29 is 8.42 Å². The van der Waals surface area contributed by atoms with Crippen molar-refractivity contribution in [2.24, 2.45) is 0 Å². The Kier molecular flexibility index (Phi) is 6.48. The molecule has 0 spiro atoms. The molecule has 0 atom stereocenters. The van der Waals surface area contributed by atoms with Gasteiger partial charge in [0.25, 0.3) is 0 Å². The normalized spacial score (nSPS) is 11.8. The van der Waals surface area contributed by atoms with Gasteiger partial charge in [-0.05, 0) is 40.6 Å². The van der Waals surface area contributed by atoms with Gasteiger partial charge >= 0.3 is 0 Å². The number of rotatable bonds is 7. The van der Waals surface area contributed by atoms with Gasteiger partial charge in [0, 0.05) is 28.1 Å². The molecule has 0 aromatic heterocycles. The smallest absolute Gasteiger partial charge is 0.210 e. The second kappa shape index (κ2) is 8.63. The van der Waals surface area contributed by atoms with E-state index in [1.807, 2.05) is 36.4 Å². The standard InChI is InChI=1S/C19H17Cl2NO2S2/c20-17-7-5-16(19(21)12-17)13-25-10-9-22-26(23,24)18-8-6-14-3-1-2-4-15(14)11-18/h1-8,11-12,22H,9-10,13H2. The zero-order valence-electron chi connectivity index (χ0n) is 13.8. The van der Waals surface area contributed by atoms with Gasteiger partial charge in [-0.2, -0.15) is 11.8 Å². The lowest BCUT2D eigenvalue weighted by Crippen LogP contribution is -2.26. The fourth-order valence-corrected chi connectivity index (χ4v) is 5.10. The lowest BCUT2D eigenvalue weighted by Gasteiger charge is -2.08. The molecule has 0 bridgehead atoms. The molecule has 0 heterocycles. The van der Waals surface area contributed by atoms with Gasteiger partial charge in [-0.15, -0.1) is 0 Å². The molecule has 0 amide bonds. The van der Waals surface area contributed by atoms with E-state index in [2.05, 4.69) is 4.72 Å². The maximum atomic E-state index is 12.4. The number of hydrogen-bond donors (Lipinski definition) is 1. The van der Waals surface area contributed by atoms with Crippen molar-refractivity contribution in [3.8, 4) is 0 Å². The number of sulfonamides is 1. The van der Waals surface area contributed by atoms with Gasteiger partial charge in [0.05, 0.1) is 4.90 Å². The van der Waals surface area contributed by atoms with Gasteiger partial charge in [0.2, 0.25) is 10.0 Å². The van der Waals surface area contributed by atoms with Crippen molar-refractivity contribution in [2.75, 3.05) is 12.3 Å². The highest BCUT2D eigenvalue weighted by Gasteiger charge is 2.13. The van der Waals surface area contributed by atoms with Crippen LogP contribution < -0.4 is 4.72 Å². The average molecular weight is 426 g/mol. The summed E-state index contributed by atoms with van der Waals surface area (Å²) in [6, 6.07) is 18.2. The van der Waals surface area contributed by atoms with Crippen molar-refractivity contribution in [1.82, 2.24) is 4.72 Å². The van der Waals surface area contributed by atoms with Crippen molar-refractivity contribution >= 4 is 55.8 Å². The number of thioether (sulfide) groups is 1. The van der Waals surface area contributed by atoms with Gasteiger partial charge in [0.15, 0.2) is 0 Å². The summed E-state index contributed by atoms with van der Waals surface area (Å²) in [5, 5.41) is 3.15. The van der Waals surface area contributed by atoms with Crippen LogP contribution in [-0.2, 0) is 15.8 Å². The van der Waals surface area contributed by atoms with E-state index in [0.717, 1.165) is 16.3 Å². The summed E-state index contributed by atoms with van der Waals surface area (Å²) in [5.74, 6) is 1.35. The first kappa shape index (κ1) is 19.5. The highest BCUT2D eigenvalue weighted by molar-refractivity contribution is 7.98. The lowest BCUT2D eigenvalue weighted by molar-refractivity contribution is 0.584. The molecular weight excluding hydrogens is 409 g/mol. The molecule has 3 aromatic carbocycles. The van der Waals surface area contributed by atoms with Crippen LogP contribution in [-0.4, -0.2) is 20.7 Å². The van der Waals surface area contributed by atoms with Crippen LogP contribution in [0.5, 0.6) is 0 Å². The predicted molar refractivity (Wildman–Crippen MR) is 112 cm³/mol. The molecule has 0 saturated carbocycles. The third-order valence-electron chi connectivity index (χ3n) is 3.84. The van der Waals surface area contributed by atoms with Crippen LogP contribution in [0, 0.1) is 0 Å². The Morgan fingerprint density at radius 1 is 0.923 bits per heavy atom. The monoisotopic (exact) mass is 425 g/mol. The summed E-state index contributed by atoms with van der Waals surface area (Å²) in [4.78, 5) is 0.280. The van der Waals surface area contributed by atoms with Crippen LogP contribution in [0.2, 0.25) is 10.0 Å². The Morgan fingerprint density at radius 3 is 2.46 bits per heavy atom. The molecule has 0 unspecified atom stereocenters. The van der Waals surface area contributed by atoms with Gasteiger partial charge in [0.1, 0.15) is 0 Å². The molecule has 0 radical (unpaired) electrons. The Balaban J connectivity index is 1.54. The van der Waals surface area contributed by atoms with Gasteiger partial charge in [-0.1, -0.05) is 59.6 Å². The van der Waals surface area contributed by atoms with E-state index in [1.54, 1.807) is 36.0 Å². The minimum atomic E-state index is -3.52. The average Bonchev–Trinajstić information content (AvgIpc) is 2.62. The Labute approximate surface area is 167 Å². The Hall–Kier alpha value is -1.24. The Morgan fingerprint density at radius 2 is 1.69 bits per heavy atom. The van der Waals surface area contributed by atoms with Crippen LogP contribution in [0.15, 0.2) is 65.6 Å². The zero-order valence-corrected chi connectivity index (χ0v) is 16.9. The summed E-state index contributed by atoms with van der Waals surface area (Å²) in [6.45, 7) is 0.352. The summed E-state index contributed by atoms with van der Waals surface area (Å²) < 4.78 is 27.5. The Bertz CT molecular complexity index is 1020. The van der Waals surface area contributed by atoms with Crippen molar-refractivity contribution in [2.45, 2.75) is 10.6 Å². The van der Waals surface area contributed by atoms with Crippen LogP contribution in [0.1, 0.15) is 5.56 Å². The first-order valence-corrected chi connectivity index (χ1v) is 11.4. The van der Waals surface area contributed by atoms with Crippen LogP contribution in [0.3, 0.4) is 0 Å². The fraction of sp³-hybridized carbons (Fsp3) is 0.158. The van der Waals surface area contributed by atoms with E-state index in [4.69, 9.17) is 23.2 Å². The quantitative estimate of drug-likeness (QED) is 0.518.